The van der Waals surface area contributed by atoms with Crippen molar-refractivity contribution in [1.82, 2.24) is 4.98 Å². The second-order valence-electron chi connectivity index (χ2n) is 7.72. The molecule has 0 aromatic carbocycles. The fourth-order valence-corrected chi connectivity index (χ4v) is 10.0. The molecule has 2 rings (SSSR count). The van der Waals surface area contributed by atoms with Gasteiger partial charge in [-0.25, -0.2) is 0 Å². The van der Waals surface area contributed by atoms with E-state index >= 15 is 0 Å². The molecule has 2 nitrogen and oxygen atoms in total. The van der Waals surface area contributed by atoms with Crippen LogP contribution < -0.4 is 0 Å². The lowest BCUT2D eigenvalue weighted by Crippen LogP contribution is -2.48. The van der Waals surface area contributed by atoms with E-state index in [-0.39, 0.29) is 6.10 Å². The summed E-state index contributed by atoms with van der Waals surface area (Å²) in [6.45, 7) is 14.2. The molecule has 0 saturated carbocycles. The quantitative estimate of drug-likeness (QED) is 0.487. The van der Waals surface area contributed by atoms with Crippen LogP contribution in [-0.4, -0.2) is 13.3 Å². The van der Waals surface area contributed by atoms with Gasteiger partial charge in [-0.1, -0.05) is 54.0 Å². The van der Waals surface area contributed by atoms with E-state index in [2.05, 4.69) is 53.7 Å². The molecule has 22 heavy (non-hydrogen) atoms. The third kappa shape index (κ3) is 3.30. The van der Waals surface area contributed by atoms with Crippen molar-refractivity contribution in [2.24, 2.45) is 0 Å². The van der Waals surface area contributed by atoms with Gasteiger partial charge in [0.2, 0.25) is 8.32 Å². The van der Waals surface area contributed by atoms with Crippen molar-refractivity contribution in [3.63, 3.8) is 0 Å². The van der Waals surface area contributed by atoms with Crippen molar-refractivity contribution in [2.45, 2.75) is 90.0 Å². The van der Waals surface area contributed by atoms with Gasteiger partial charge in [0.15, 0.2) is 0 Å². The van der Waals surface area contributed by atoms with Crippen LogP contribution >= 0.6 is 0 Å². The molecule has 3 heteroatoms. The van der Waals surface area contributed by atoms with E-state index in [0.29, 0.717) is 16.6 Å². The molecule has 1 unspecified atom stereocenters. The Bertz CT molecular complexity index is 462. The summed E-state index contributed by atoms with van der Waals surface area (Å²) in [5.74, 6) is 0. The molecule has 0 radical (unpaired) electrons. The lowest BCUT2D eigenvalue weighted by atomic mass is 10.1. The van der Waals surface area contributed by atoms with Gasteiger partial charge in [-0.05, 0) is 47.5 Å². The fourth-order valence-electron chi connectivity index (χ4n) is 4.50. The summed E-state index contributed by atoms with van der Waals surface area (Å²) in [7, 11) is -1.85. The van der Waals surface area contributed by atoms with Crippen molar-refractivity contribution >= 4 is 8.32 Å². The van der Waals surface area contributed by atoms with Crippen molar-refractivity contribution in [1.29, 1.82) is 0 Å². The highest BCUT2D eigenvalue weighted by molar-refractivity contribution is 6.77. The Morgan fingerprint density at radius 1 is 1.05 bits per heavy atom. The summed E-state index contributed by atoms with van der Waals surface area (Å²) in [5, 5.41) is 0. The average Bonchev–Trinajstić information content (AvgIpc) is 2.65. The van der Waals surface area contributed by atoms with E-state index < -0.39 is 8.32 Å². The first-order valence-electron chi connectivity index (χ1n) is 9.01. The SMILES string of the molecule is CC(C)[Si](OC1CCCCc2cccnc21)(C(C)C)C(C)C. The molecular weight excluding hydrogens is 286 g/mol. The minimum Gasteiger partial charge on any atom is -0.408 e. The normalized spacial score (nSPS) is 19.6. The van der Waals surface area contributed by atoms with Crippen LogP contribution in [0, 0.1) is 0 Å². The molecule has 0 N–H and O–H groups in total. The average molecular weight is 320 g/mol. The molecule has 1 aliphatic rings. The lowest BCUT2D eigenvalue weighted by molar-refractivity contribution is 0.161. The van der Waals surface area contributed by atoms with Gasteiger partial charge in [-0.2, -0.15) is 0 Å². The number of aryl methyl sites for hydroxylation is 1. The standard InChI is InChI=1S/C19H33NOSi/c1-14(2)22(15(3)4,16(5)6)21-18-12-8-7-10-17-11-9-13-20-19(17)18/h9,11,13-16,18H,7-8,10,12H2,1-6H3. The zero-order chi connectivity index (χ0) is 16.3. The van der Waals surface area contributed by atoms with Gasteiger partial charge >= 0.3 is 0 Å². The highest BCUT2D eigenvalue weighted by Gasteiger charge is 2.47. The largest absolute Gasteiger partial charge is 0.408 e. The van der Waals surface area contributed by atoms with Crippen LogP contribution in [0.25, 0.3) is 0 Å². The Morgan fingerprint density at radius 3 is 2.27 bits per heavy atom. The maximum atomic E-state index is 7.05. The van der Waals surface area contributed by atoms with Gasteiger partial charge in [0.25, 0.3) is 0 Å². The summed E-state index contributed by atoms with van der Waals surface area (Å²) in [6, 6.07) is 4.31. The number of rotatable bonds is 5. The van der Waals surface area contributed by atoms with Crippen LogP contribution in [0.2, 0.25) is 16.6 Å². The van der Waals surface area contributed by atoms with Crippen LogP contribution in [0.15, 0.2) is 18.3 Å². The first-order chi connectivity index (χ1) is 10.4. The first-order valence-corrected chi connectivity index (χ1v) is 11.1. The Labute approximate surface area is 137 Å². The molecule has 1 aromatic rings. The molecule has 0 amide bonds. The maximum Gasteiger partial charge on any atom is 0.201 e. The number of pyridine rings is 1. The highest BCUT2D eigenvalue weighted by Crippen LogP contribution is 2.46. The van der Waals surface area contributed by atoms with Crippen LogP contribution in [0.1, 0.15) is 78.2 Å². The Kier molecular flexibility index (Phi) is 5.84. The topological polar surface area (TPSA) is 22.1 Å². The minimum absolute atomic E-state index is 0.206. The Hall–Kier alpha value is -0.673. The molecule has 0 saturated heterocycles. The molecular formula is C19H33NOSi. The van der Waals surface area contributed by atoms with Crippen molar-refractivity contribution in [3.8, 4) is 0 Å². The summed E-state index contributed by atoms with van der Waals surface area (Å²) in [6.07, 6.45) is 6.94. The van der Waals surface area contributed by atoms with Gasteiger partial charge in [0.05, 0.1) is 11.8 Å². The van der Waals surface area contributed by atoms with Crippen LogP contribution in [-0.2, 0) is 10.8 Å². The van der Waals surface area contributed by atoms with Crippen molar-refractivity contribution in [2.75, 3.05) is 0 Å². The summed E-state index contributed by atoms with van der Waals surface area (Å²) in [5.41, 5.74) is 4.51. The first kappa shape index (κ1) is 17.7. The van der Waals surface area contributed by atoms with E-state index in [0.717, 1.165) is 12.8 Å². The summed E-state index contributed by atoms with van der Waals surface area (Å²) in [4.78, 5) is 4.72. The third-order valence-electron chi connectivity index (χ3n) is 5.45. The maximum absolute atomic E-state index is 7.05. The van der Waals surface area contributed by atoms with Crippen LogP contribution in [0.4, 0.5) is 0 Å². The molecule has 1 aromatic heterocycles. The molecule has 124 valence electrons. The molecule has 1 atom stereocenters. The third-order valence-corrected chi connectivity index (χ3v) is 11.6. The fraction of sp³-hybridized carbons (Fsp3) is 0.737. The summed E-state index contributed by atoms with van der Waals surface area (Å²) >= 11 is 0. The molecule has 1 aliphatic carbocycles. The molecule has 1 heterocycles. The predicted molar refractivity (Wildman–Crippen MR) is 96.7 cm³/mol. The molecule has 0 bridgehead atoms. The van der Waals surface area contributed by atoms with Gasteiger partial charge < -0.3 is 4.43 Å². The Morgan fingerprint density at radius 2 is 1.68 bits per heavy atom. The predicted octanol–water partition coefficient (Wildman–Crippen LogP) is 6.04. The van der Waals surface area contributed by atoms with Gasteiger partial charge in [0, 0.05) is 6.20 Å². The van der Waals surface area contributed by atoms with E-state index in [4.69, 9.17) is 9.41 Å². The molecule has 0 fully saturated rings. The molecule has 0 spiro atoms. The minimum atomic E-state index is -1.85. The van der Waals surface area contributed by atoms with E-state index in [9.17, 15) is 0 Å². The van der Waals surface area contributed by atoms with Crippen molar-refractivity contribution in [3.05, 3.63) is 29.6 Å². The zero-order valence-corrected chi connectivity index (χ0v) is 16.2. The van der Waals surface area contributed by atoms with Crippen LogP contribution in [0.3, 0.4) is 0 Å². The summed E-state index contributed by atoms with van der Waals surface area (Å²) < 4.78 is 7.05. The zero-order valence-electron chi connectivity index (χ0n) is 15.2. The highest BCUT2D eigenvalue weighted by atomic mass is 28.4. The lowest BCUT2D eigenvalue weighted by Gasteiger charge is -2.44. The number of aromatic nitrogens is 1. The molecule has 0 aliphatic heterocycles. The monoisotopic (exact) mass is 319 g/mol. The second-order valence-corrected chi connectivity index (χ2v) is 13.1. The van der Waals surface area contributed by atoms with Gasteiger partial charge in [-0.15, -0.1) is 0 Å². The van der Waals surface area contributed by atoms with Crippen molar-refractivity contribution < 1.29 is 4.43 Å². The van der Waals surface area contributed by atoms with Gasteiger partial charge in [-0.3, -0.25) is 4.98 Å². The van der Waals surface area contributed by atoms with E-state index in [1.807, 2.05) is 6.20 Å². The number of fused-ring (bicyclic) bond motifs is 1. The van der Waals surface area contributed by atoms with E-state index in [1.54, 1.807) is 0 Å². The number of hydrogen-bond acceptors (Lipinski definition) is 2. The van der Waals surface area contributed by atoms with E-state index in [1.165, 1.54) is 24.1 Å². The Balaban J connectivity index is 2.38. The van der Waals surface area contributed by atoms with Gasteiger partial charge in [0.1, 0.15) is 0 Å². The smallest absolute Gasteiger partial charge is 0.201 e. The second kappa shape index (κ2) is 7.27. The number of hydrogen-bond donors (Lipinski definition) is 0. The van der Waals surface area contributed by atoms with Crippen LogP contribution in [0.5, 0.6) is 0 Å². The number of nitrogens with zero attached hydrogens (tertiary/aromatic N) is 1.